The first-order chi connectivity index (χ1) is 8.81. The molecule has 0 saturated carbocycles. The van der Waals surface area contributed by atoms with Gasteiger partial charge in [-0.1, -0.05) is 0 Å². The van der Waals surface area contributed by atoms with Crippen LogP contribution in [0.2, 0.25) is 0 Å². The molecule has 0 aromatic carbocycles. The molecule has 104 valence electrons. The quantitative estimate of drug-likeness (QED) is 0.834. The number of carbonyl (C=O) groups is 1. The molecule has 2 fully saturated rings. The summed E-state index contributed by atoms with van der Waals surface area (Å²) in [6.07, 6.45) is 7.26. The molecule has 2 aliphatic rings. The van der Waals surface area contributed by atoms with Gasteiger partial charge in [0.25, 0.3) is 0 Å². The SMILES string of the molecule is O=C(CC1CCSCC1)N1CCCC1CCCO. The monoisotopic (exact) mass is 271 g/mol. The van der Waals surface area contributed by atoms with Crippen LogP contribution in [0.25, 0.3) is 0 Å². The van der Waals surface area contributed by atoms with Crippen molar-refractivity contribution in [2.45, 2.75) is 51.0 Å². The molecule has 1 atom stereocenters. The summed E-state index contributed by atoms with van der Waals surface area (Å²) in [5.74, 6) is 3.45. The molecule has 0 aromatic rings. The lowest BCUT2D eigenvalue weighted by molar-refractivity contribution is -0.133. The minimum atomic E-state index is 0.248. The number of aliphatic hydroxyl groups is 1. The van der Waals surface area contributed by atoms with E-state index in [0.717, 1.165) is 38.6 Å². The summed E-state index contributed by atoms with van der Waals surface area (Å²) in [5, 5.41) is 8.91. The number of nitrogens with zero attached hydrogens (tertiary/aromatic N) is 1. The van der Waals surface area contributed by atoms with Crippen LogP contribution in [-0.2, 0) is 4.79 Å². The van der Waals surface area contributed by atoms with E-state index in [9.17, 15) is 4.79 Å². The first kappa shape index (κ1) is 14.2. The third-order valence-electron chi connectivity index (χ3n) is 4.20. The second-order valence-electron chi connectivity index (χ2n) is 5.51. The molecule has 2 aliphatic heterocycles. The van der Waals surface area contributed by atoms with E-state index in [0.29, 0.717) is 17.9 Å². The predicted molar refractivity (Wildman–Crippen MR) is 75.7 cm³/mol. The summed E-state index contributed by atoms with van der Waals surface area (Å²) in [5.41, 5.74) is 0. The summed E-state index contributed by atoms with van der Waals surface area (Å²) in [7, 11) is 0. The highest BCUT2D eigenvalue weighted by Gasteiger charge is 2.29. The zero-order valence-corrected chi connectivity index (χ0v) is 12.0. The first-order valence-electron chi connectivity index (χ1n) is 7.29. The molecule has 1 N–H and O–H groups in total. The van der Waals surface area contributed by atoms with Crippen LogP contribution >= 0.6 is 11.8 Å². The highest BCUT2D eigenvalue weighted by Crippen LogP contribution is 2.28. The van der Waals surface area contributed by atoms with Gasteiger partial charge in [-0.3, -0.25) is 4.79 Å². The average Bonchev–Trinajstić information content (AvgIpc) is 2.86. The number of hydrogen-bond acceptors (Lipinski definition) is 3. The lowest BCUT2D eigenvalue weighted by Crippen LogP contribution is -2.37. The van der Waals surface area contributed by atoms with Crippen molar-refractivity contribution in [2.75, 3.05) is 24.7 Å². The first-order valence-corrected chi connectivity index (χ1v) is 8.45. The van der Waals surface area contributed by atoms with Crippen LogP contribution in [-0.4, -0.2) is 46.6 Å². The molecule has 4 heteroatoms. The number of aliphatic hydroxyl groups excluding tert-OH is 1. The lowest BCUT2D eigenvalue weighted by atomic mass is 9.97. The van der Waals surface area contributed by atoms with E-state index in [2.05, 4.69) is 4.90 Å². The van der Waals surface area contributed by atoms with Crippen molar-refractivity contribution in [3.05, 3.63) is 0 Å². The Hall–Kier alpha value is -0.220. The third-order valence-corrected chi connectivity index (χ3v) is 5.25. The van der Waals surface area contributed by atoms with Gasteiger partial charge in [-0.2, -0.15) is 11.8 Å². The summed E-state index contributed by atoms with van der Waals surface area (Å²) in [4.78, 5) is 14.4. The molecule has 2 rings (SSSR count). The minimum Gasteiger partial charge on any atom is -0.396 e. The number of hydrogen-bond donors (Lipinski definition) is 1. The number of rotatable bonds is 5. The standard InChI is InChI=1S/C14H25NO2S/c16-8-2-4-13-3-1-7-15(13)14(17)11-12-5-9-18-10-6-12/h12-13,16H,1-11H2. The Bertz CT molecular complexity index is 267. The molecule has 3 nitrogen and oxygen atoms in total. The molecule has 0 radical (unpaired) electrons. The van der Waals surface area contributed by atoms with Crippen molar-refractivity contribution in [3.63, 3.8) is 0 Å². The maximum absolute atomic E-state index is 12.3. The Morgan fingerprint density at radius 3 is 2.78 bits per heavy atom. The summed E-state index contributed by atoms with van der Waals surface area (Å²) in [6, 6.07) is 0.405. The molecule has 2 heterocycles. The van der Waals surface area contributed by atoms with E-state index >= 15 is 0 Å². The van der Waals surface area contributed by atoms with Crippen LogP contribution in [0.4, 0.5) is 0 Å². The molecule has 0 aliphatic carbocycles. The van der Waals surface area contributed by atoms with Crippen molar-refractivity contribution in [2.24, 2.45) is 5.92 Å². The summed E-state index contributed by atoms with van der Waals surface area (Å²) >= 11 is 2.02. The van der Waals surface area contributed by atoms with Crippen LogP contribution < -0.4 is 0 Å². The Labute approximate surface area is 114 Å². The fourth-order valence-corrected chi connectivity index (χ4v) is 4.31. The molecule has 18 heavy (non-hydrogen) atoms. The molecular formula is C14H25NO2S. The van der Waals surface area contributed by atoms with E-state index in [1.54, 1.807) is 0 Å². The number of thioether (sulfide) groups is 1. The predicted octanol–water partition coefficient (Wildman–Crippen LogP) is 2.28. The summed E-state index contributed by atoms with van der Waals surface area (Å²) in [6.45, 7) is 1.19. The van der Waals surface area contributed by atoms with Gasteiger partial charge in [-0.15, -0.1) is 0 Å². The van der Waals surface area contributed by atoms with Gasteiger partial charge in [0.05, 0.1) is 0 Å². The minimum absolute atomic E-state index is 0.248. The van der Waals surface area contributed by atoms with Gasteiger partial charge in [0.2, 0.25) is 5.91 Å². The fourth-order valence-electron chi connectivity index (χ4n) is 3.11. The smallest absolute Gasteiger partial charge is 0.223 e. The van der Waals surface area contributed by atoms with E-state index in [4.69, 9.17) is 5.11 Å². The van der Waals surface area contributed by atoms with Gasteiger partial charge < -0.3 is 10.0 Å². The normalized spacial score (nSPS) is 25.6. The van der Waals surface area contributed by atoms with Gasteiger partial charge >= 0.3 is 0 Å². The molecule has 0 bridgehead atoms. The average molecular weight is 271 g/mol. The number of carbonyl (C=O) groups excluding carboxylic acids is 1. The van der Waals surface area contributed by atoms with Gasteiger partial charge in [-0.25, -0.2) is 0 Å². The maximum atomic E-state index is 12.3. The highest BCUT2D eigenvalue weighted by molar-refractivity contribution is 7.99. The Morgan fingerprint density at radius 1 is 1.28 bits per heavy atom. The van der Waals surface area contributed by atoms with Crippen molar-refractivity contribution in [1.82, 2.24) is 4.90 Å². The van der Waals surface area contributed by atoms with Crippen molar-refractivity contribution >= 4 is 17.7 Å². The zero-order valence-electron chi connectivity index (χ0n) is 11.1. The largest absolute Gasteiger partial charge is 0.396 e. The fraction of sp³-hybridized carbons (Fsp3) is 0.929. The molecule has 1 amide bonds. The molecule has 1 unspecified atom stereocenters. The van der Waals surface area contributed by atoms with Gasteiger partial charge in [0, 0.05) is 25.6 Å². The number of likely N-dealkylation sites (tertiary alicyclic amines) is 1. The molecule has 2 saturated heterocycles. The van der Waals surface area contributed by atoms with E-state index in [1.807, 2.05) is 11.8 Å². The second kappa shape index (κ2) is 7.39. The van der Waals surface area contributed by atoms with E-state index in [-0.39, 0.29) is 6.61 Å². The van der Waals surface area contributed by atoms with Crippen LogP contribution in [0.3, 0.4) is 0 Å². The number of amides is 1. The molecule has 0 spiro atoms. The van der Waals surface area contributed by atoms with Crippen LogP contribution in [0, 0.1) is 5.92 Å². The lowest BCUT2D eigenvalue weighted by Gasteiger charge is -2.28. The zero-order chi connectivity index (χ0) is 12.8. The van der Waals surface area contributed by atoms with Gasteiger partial charge in [0.15, 0.2) is 0 Å². The van der Waals surface area contributed by atoms with Gasteiger partial charge in [-0.05, 0) is 55.9 Å². The summed E-state index contributed by atoms with van der Waals surface area (Å²) < 4.78 is 0. The Morgan fingerprint density at radius 2 is 2.06 bits per heavy atom. The second-order valence-corrected chi connectivity index (χ2v) is 6.73. The topological polar surface area (TPSA) is 40.5 Å². The van der Waals surface area contributed by atoms with Crippen LogP contribution in [0.1, 0.15) is 44.9 Å². The van der Waals surface area contributed by atoms with Crippen molar-refractivity contribution in [1.29, 1.82) is 0 Å². The molecular weight excluding hydrogens is 246 g/mol. The molecule has 0 aromatic heterocycles. The Kier molecular flexibility index (Phi) is 5.83. The Balaban J connectivity index is 1.79. The van der Waals surface area contributed by atoms with Gasteiger partial charge in [0.1, 0.15) is 0 Å². The van der Waals surface area contributed by atoms with Crippen LogP contribution in [0.5, 0.6) is 0 Å². The van der Waals surface area contributed by atoms with Crippen molar-refractivity contribution in [3.8, 4) is 0 Å². The third kappa shape index (κ3) is 3.89. The highest BCUT2D eigenvalue weighted by atomic mass is 32.2. The van der Waals surface area contributed by atoms with E-state index < -0.39 is 0 Å². The maximum Gasteiger partial charge on any atom is 0.223 e. The van der Waals surface area contributed by atoms with Crippen LogP contribution in [0.15, 0.2) is 0 Å². The van der Waals surface area contributed by atoms with Crippen molar-refractivity contribution < 1.29 is 9.90 Å². The van der Waals surface area contributed by atoms with E-state index in [1.165, 1.54) is 24.3 Å².